The Morgan fingerprint density at radius 2 is 2.33 bits per heavy atom. The lowest BCUT2D eigenvalue weighted by Gasteiger charge is -1.95. The van der Waals surface area contributed by atoms with E-state index in [0.717, 1.165) is 17.1 Å². The molecule has 3 heterocycles. The fourth-order valence-electron chi connectivity index (χ4n) is 1.35. The lowest BCUT2D eigenvalue weighted by Crippen LogP contribution is -2.10. The molecule has 0 fully saturated rings. The van der Waals surface area contributed by atoms with Gasteiger partial charge in [-0.1, -0.05) is 0 Å². The molecule has 0 unspecified atom stereocenters. The van der Waals surface area contributed by atoms with Gasteiger partial charge in [-0.25, -0.2) is 0 Å². The van der Waals surface area contributed by atoms with Crippen LogP contribution in [0.3, 0.4) is 0 Å². The van der Waals surface area contributed by atoms with Crippen molar-refractivity contribution in [1.29, 1.82) is 0 Å². The lowest BCUT2D eigenvalue weighted by atomic mass is 10.3. The fraction of sp³-hybridized carbons (Fsp3) is 0. The molecule has 0 bridgehead atoms. The molecule has 3 rings (SSSR count). The number of anilines is 1. The zero-order valence-corrected chi connectivity index (χ0v) is 10.6. The van der Waals surface area contributed by atoms with Crippen LogP contribution in [0.4, 0.5) is 5.13 Å². The van der Waals surface area contributed by atoms with Crippen molar-refractivity contribution in [3.63, 3.8) is 0 Å². The summed E-state index contributed by atoms with van der Waals surface area (Å²) in [6.45, 7) is 0. The zero-order valence-electron chi connectivity index (χ0n) is 8.99. The first-order valence-electron chi connectivity index (χ1n) is 5.04. The van der Waals surface area contributed by atoms with Crippen LogP contribution in [0.5, 0.6) is 0 Å². The molecule has 1 N–H and O–H groups in total. The van der Waals surface area contributed by atoms with E-state index in [2.05, 4.69) is 14.7 Å². The standard InChI is InChI=1S/C11H7N3O2S2/c15-10(8-2-1-4-16-8)13-11-12-9(14-18-11)7-3-5-17-6-7/h1-6H,(H,12,13,14,15). The normalized spacial score (nSPS) is 10.4. The van der Waals surface area contributed by atoms with Crippen molar-refractivity contribution in [3.8, 4) is 11.4 Å². The number of rotatable bonds is 3. The Morgan fingerprint density at radius 1 is 1.39 bits per heavy atom. The van der Waals surface area contributed by atoms with Gasteiger partial charge in [-0.15, -0.1) is 0 Å². The number of thiophene rings is 1. The van der Waals surface area contributed by atoms with Crippen molar-refractivity contribution in [1.82, 2.24) is 9.36 Å². The Balaban J connectivity index is 1.76. The molecule has 7 heteroatoms. The van der Waals surface area contributed by atoms with Crippen LogP contribution in [-0.2, 0) is 0 Å². The smallest absolute Gasteiger partial charge is 0.293 e. The van der Waals surface area contributed by atoms with Gasteiger partial charge in [0.2, 0.25) is 5.13 Å². The second-order valence-electron chi connectivity index (χ2n) is 3.37. The Hall–Kier alpha value is -1.99. The van der Waals surface area contributed by atoms with Crippen molar-refractivity contribution in [2.75, 3.05) is 5.32 Å². The fourth-order valence-corrected chi connectivity index (χ4v) is 2.57. The van der Waals surface area contributed by atoms with Crippen LogP contribution in [0.2, 0.25) is 0 Å². The van der Waals surface area contributed by atoms with E-state index in [9.17, 15) is 4.79 Å². The van der Waals surface area contributed by atoms with Gasteiger partial charge in [-0.3, -0.25) is 10.1 Å². The van der Waals surface area contributed by atoms with E-state index in [-0.39, 0.29) is 11.7 Å². The Morgan fingerprint density at radius 3 is 3.06 bits per heavy atom. The Kier molecular flexibility index (Phi) is 2.91. The van der Waals surface area contributed by atoms with Gasteiger partial charge in [0.15, 0.2) is 11.6 Å². The summed E-state index contributed by atoms with van der Waals surface area (Å²) in [5.41, 5.74) is 0.953. The van der Waals surface area contributed by atoms with Crippen molar-refractivity contribution in [2.45, 2.75) is 0 Å². The molecule has 0 aliphatic rings. The molecule has 90 valence electrons. The molecule has 18 heavy (non-hydrogen) atoms. The van der Waals surface area contributed by atoms with Gasteiger partial charge >= 0.3 is 0 Å². The van der Waals surface area contributed by atoms with E-state index in [4.69, 9.17) is 4.42 Å². The number of hydrogen-bond acceptors (Lipinski definition) is 6. The van der Waals surface area contributed by atoms with Gasteiger partial charge in [0.1, 0.15) is 0 Å². The SMILES string of the molecule is O=C(Nc1nc(-c2ccsc2)ns1)c1ccco1. The highest BCUT2D eigenvalue weighted by atomic mass is 32.1. The zero-order chi connectivity index (χ0) is 12.4. The van der Waals surface area contributed by atoms with Crippen molar-refractivity contribution in [3.05, 3.63) is 41.0 Å². The van der Waals surface area contributed by atoms with E-state index >= 15 is 0 Å². The molecule has 0 aliphatic carbocycles. The van der Waals surface area contributed by atoms with E-state index in [1.165, 1.54) is 6.26 Å². The maximum absolute atomic E-state index is 11.7. The maximum atomic E-state index is 11.7. The van der Waals surface area contributed by atoms with Crippen molar-refractivity contribution >= 4 is 33.9 Å². The molecule has 0 saturated carbocycles. The maximum Gasteiger partial charge on any atom is 0.293 e. The van der Waals surface area contributed by atoms with Crippen molar-refractivity contribution < 1.29 is 9.21 Å². The van der Waals surface area contributed by atoms with Gasteiger partial charge in [0.05, 0.1) is 6.26 Å². The first-order valence-corrected chi connectivity index (χ1v) is 6.76. The number of carbonyl (C=O) groups is 1. The summed E-state index contributed by atoms with van der Waals surface area (Å²) in [6.07, 6.45) is 1.45. The topological polar surface area (TPSA) is 68.0 Å². The third-order valence-corrected chi connectivity index (χ3v) is 3.48. The summed E-state index contributed by atoms with van der Waals surface area (Å²) in [6, 6.07) is 5.19. The second kappa shape index (κ2) is 4.71. The van der Waals surface area contributed by atoms with Gasteiger partial charge in [0, 0.05) is 22.5 Å². The summed E-state index contributed by atoms with van der Waals surface area (Å²) in [5.74, 6) is 0.547. The summed E-state index contributed by atoms with van der Waals surface area (Å²) < 4.78 is 9.18. The van der Waals surface area contributed by atoms with Crippen LogP contribution in [0.15, 0.2) is 39.6 Å². The van der Waals surface area contributed by atoms with E-state index < -0.39 is 0 Å². The molecule has 3 aromatic rings. The number of carbonyl (C=O) groups excluding carboxylic acids is 1. The molecule has 0 aromatic carbocycles. The summed E-state index contributed by atoms with van der Waals surface area (Å²) in [5, 5.41) is 7.01. The van der Waals surface area contributed by atoms with Crippen LogP contribution in [0.1, 0.15) is 10.6 Å². The Bertz CT molecular complexity index is 644. The monoisotopic (exact) mass is 277 g/mol. The third-order valence-electron chi connectivity index (χ3n) is 2.17. The molecule has 0 saturated heterocycles. The minimum Gasteiger partial charge on any atom is -0.459 e. The summed E-state index contributed by atoms with van der Waals surface area (Å²) >= 11 is 2.72. The Labute approximate surface area is 110 Å². The summed E-state index contributed by atoms with van der Waals surface area (Å²) in [7, 11) is 0. The highest BCUT2D eigenvalue weighted by Gasteiger charge is 2.12. The number of hydrogen-bond donors (Lipinski definition) is 1. The average Bonchev–Trinajstić information content (AvgIpc) is 3.12. The minimum absolute atomic E-state index is 0.252. The molecular weight excluding hydrogens is 270 g/mol. The average molecular weight is 277 g/mol. The second-order valence-corrected chi connectivity index (χ2v) is 4.90. The largest absolute Gasteiger partial charge is 0.459 e. The first kappa shape index (κ1) is 11.1. The minimum atomic E-state index is -0.326. The summed E-state index contributed by atoms with van der Waals surface area (Å²) in [4.78, 5) is 16.0. The van der Waals surface area contributed by atoms with E-state index in [1.54, 1.807) is 23.5 Å². The molecule has 3 aromatic heterocycles. The van der Waals surface area contributed by atoms with Crippen LogP contribution in [-0.4, -0.2) is 15.3 Å². The molecule has 5 nitrogen and oxygen atoms in total. The van der Waals surface area contributed by atoms with Gasteiger partial charge in [-0.2, -0.15) is 20.7 Å². The predicted molar refractivity (Wildman–Crippen MR) is 69.9 cm³/mol. The molecule has 0 atom stereocenters. The number of aromatic nitrogens is 2. The highest BCUT2D eigenvalue weighted by Crippen LogP contribution is 2.23. The quantitative estimate of drug-likeness (QED) is 0.798. The van der Waals surface area contributed by atoms with Crippen LogP contribution in [0, 0.1) is 0 Å². The molecule has 0 spiro atoms. The van der Waals surface area contributed by atoms with Crippen LogP contribution < -0.4 is 5.32 Å². The van der Waals surface area contributed by atoms with Crippen molar-refractivity contribution in [2.24, 2.45) is 0 Å². The van der Waals surface area contributed by atoms with Crippen LogP contribution >= 0.6 is 22.9 Å². The first-order chi connectivity index (χ1) is 8.83. The highest BCUT2D eigenvalue weighted by molar-refractivity contribution is 7.10. The van der Waals surface area contributed by atoms with E-state index in [1.807, 2.05) is 16.8 Å². The molecular formula is C11H7N3O2S2. The number of amides is 1. The molecule has 0 radical (unpaired) electrons. The molecule has 0 aliphatic heterocycles. The van der Waals surface area contributed by atoms with E-state index in [0.29, 0.717) is 11.0 Å². The number of furan rings is 1. The third kappa shape index (κ3) is 2.18. The van der Waals surface area contributed by atoms with Gasteiger partial charge in [0.25, 0.3) is 5.91 Å². The number of nitrogens with one attached hydrogen (secondary N) is 1. The van der Waals surface area contributed by atoms with Gasteiger partial charge < -0.3 is 4.42 Å². The van der Waals surface area contributed by atoms with Crippen LogP contribution in [0.25, 0.3) is 11.4 Å². The number of nitrogens with zero attached hydrogens (tertiary/aromatic N) is 2. The lowest BCUT2D eigenvalue weighted by molar-refractivity contribution is 0.0996. The molecule has 1 amide bonds. The van der Waals surface area contributed by atoms with Gasteiger partial charge in [-0.05, 0) is 23.6 Å². The predicted octanol–water partition coefficient (Wildman–Crippen LogP) is 3.11.